The van der Waals surface area contributed by atoms with Crippen molar-refractivity contribution in [2.45, 2.75) is 12.6 Å². The fourth-order valence-corrected chi connectivity index (χ4v) is 2.05. The van der Waals surface area contributed by atoms with E-state index in [2.05, 4.69) is 20.6 Å². The molecule has 0 aliphatic carbocycles. The summed E-state index contributed by atoms with van der Waals surface area (Å²) in [6, 6.07) is 4.11. The van der Waals surface area contributed by atoms with Gasteiger partial charge in [-0.1, -0.05) is 11.3 Å². The maximum atomic E-state index is 12.3. The summed E-state index contributed by atoms with van der Waals surface area (Å²) in [5, 5.41) is 11.1. The van der Waals surface area contributed by atoms with Gasteiger partial charge in [-0.2, -0.15) is 0 Å². The molecular weight excluding hydrogens is 256 g/mol. The second-order valence-electron chi connectivity index (χ2n) is 4.92. The minimum atomic E-state index is -0.132. The van der Waals surface area contributed by atoms with Crippen molar-refractivity contribution in [2.24, 2.45) is 0 Å². The van der Waals surface area contributed by atoms with Crippen molar-refractivity contribution in [2.75, 3.05) is 20.1 Å². The molecule has 0 aromatic carbocycles. The summed E-state index contributed by atoms with van der Waals surface area (Å²) in [5.74, 6) is -0.132. The minimum absolute atomic E-state index is 0.132. The van der Waals surface area contributed by atoms with Crippen molar-refractivity contribution in [1.82, 2.24) is 30.2 Å². The summed E-state index contributed by atoms with van der Waals surface area (Å²) in [5.41, 5.74) is 1.36. The lowest BCUT2D eigenvalue weighted by atomic mass is 10.2. The average molecular weight is 272 g/mol. The number of rotatable bonds is 4. The highest BCUT2D eigenvalue weighted by Crippen LogP contribution is 2.11. The van der Waals surface area contributed by atoms with E-state index in [1.54, 1.807) is 35.2 Å². The van der Waals surface area contributed by atoms with Crippen molar-refractivity contribution in [3.63, 3.8) is 0 Å². The zero-order valence-corrected chi connectivity index (χ0v) is 11.2. The first-order valence-corrected chi connectivity index (χ1v) is 6.51. The molecule has 0 unspecified atom stereocenters. The van der Waals surface area contributed by atoms with E-state index < -0.39 is 0 Å². The third-order valence-electron chi connectivity index (χ3n) is 3.35. The zero-order valence-electron chi connectivity index (χ0n) is 11.2. The molecule has 1 saturated heterocycles. The summed E-state index contributed by atoms with van der Waals surface area (Å²) in [7, 11) is 1.75. The van der Waals surface area contributed by atoms with Gasteiger partial charge in [0.1, 0.15) is 0 Å². The maximum Gasteiger partial charge on any atom is 0.276 e. The highest BCUT2D eigenvalue weighted by molar-refractivity contribution is 5.91. The van der Waals surface area contributed by atoms with Crippen LogP contribution in [-0.2, 0) is 6.54 Å². The number of hydrogen-bond donors (Lipinski definition) is 1. The number of nitrogens with zero attached hydrogens (tertiary/aromatic N) is 5. The van der Waals surface area contributed by atoms with Crippen LogP contribution in [0.2, 0.25) is 0 Å². The molecule has 0 bridgehead atoms. The van der Waals surface area contributed by atoms with Crippen molar-refractivity contribution in [1.29, 1.82) is 0 Å². The van der Waals surface area contributed by atoms with Gasteiger partial charge in [0.25, 0.3) is 5.91 Å². The SMILES string of the molecule is CN(Cc1cccnc1)C(=O)c1cn(C2CNC2)nn1. The van der Waals surface area contributed by atoms with Gasteiger partial charge < -0.3 is 10.2 Å². The molecule has 20 heavy (non-hydrogen) atoms. The molecule has 1 fully saturated rings. The molecule has 104 valence electrons. The third kappa shape index (κ3) is 2.53. The van der Waals surface area contributed by atoms with E-state index in [1.165, 1.54) is 0 Å². The lowest BCUT2D eigenvalue weighted by Gasteiger charge is -2.26. The molecule has 7 heteroatoms. The Bertz CT molecular complexity index is 592. The van der Waals surface area contributed by atoms with E-state index in [1.807, 2.05) is 12.1 Å². The predicted octanol–water partition coefficient (Wildman–Crippen LogP) is 0.0896. The van der Waals surface area contributed by atoms with Crippen LogP contribution in [0.5, 0.6) is 0 Å². The molecule has 3 heterocycles. The molecule has 0 atom stereocenters. The Labute approximate surface area is 116 Å². The van der Waals surface area contributed by atoms with Gasteiger partial charge >= 0.3 is 0 Å². The Kier molecular flexibility index (Phi) is 3.42. The van der Waals surface area contributed by atoms with Crippen LogP contribution in [0.15, 0.2) is 30.7 Å². The number of amides is 1. The zero-order chi connectivity index (χ0) is 13.9. The number of hydrogen-bond acceptors (Lipinski definition) is 5. The van der Waals surface area contributed by atoms with E-state index in [0.717, 1.165) is 18.7 Å². The summed E-state index contributed by atoms with van der Waals surface area (Å²) in [6.45, 7) is 2.26. The second kappa shape index (κ2) is 5.38. The Morgan fingerprint density at radius 1 is 1.55 bits per heavy atom. The number of nitrogens with one attached hydrogen (secondary N) is 1. The van der Waals surface area contributed by atoms with Crippen LogP contribution >= 0.6 is 0 Å². The van der Waals surface area contributed by atoms with E-state index in [-0.39, 0.29) is 5.91 Å². The van der Waals surface area contributed by atoms with E-state index in [4.69, 9.17) is 0 Å². The lowest BCUT2D eigenvalue weighted by molar-refractivity contribution is 0.0779. The van der Waals surface area contributed by atoms with Gasteiger partial charge in [-0.15, -0.1) is 5.10 Å². The van der Waals surface area contributed by atoms with Crippen LogP contribution < -0.4 is 5.32 Å². The van der Waals surface area contributed by atoms with Gasteiger partial charge in [-0.05, 0) is 11.6 Å². The predicted molar refractivity (Wildman–Crippen MR) is 72.0 cm³/mol. The van der Waals surface area contributed by atoms with E-state index >= 15 is 0 Å². The van der Waals surface area contributed by atoms with Crippen molar-refractivity contribution in [3.8, 4) is 0 Å². The number of pyridine rings is 1. The fourth-order valence-electron chi connectivity index (χ4n) is 2.05. The topological polar surface area (TPSA) is 75.9 Å². The van der Waals surface area contributed by atoms with Crippen molar-refractivity contribution in [3.05, 3.63) is 42.0 Å². The van der Waals surface area contributed by atoms with Crippen molar-refractivity contribution >= 4 is 5.91 Å². The molecule has 2 aromatic heterocycles. The van der Waals surface area contributed by atoms with Crippen LogP contribution in [0.25, 0.3) is 0 Å². The highest BCUT2D eigenvalue weighted by Gasteiger charge is 2.22. The van der Waals surface area contributed by atoms with Crippen LogP contribution in [-0.4, -0.2) is 50.9 Å². The fraction of sp³-hybridized carbons (Fsp3) is 0.385. The molecule has 0 spiro atoms. The smallest absolute Gasteiger partial charge is 0.276 e. The average Bonchev–Trinajstić information content (AvgIpc) is 2.86. The van der Waals surface area contributed by atoms with Crippen LogP contribution in [0, 0.1) is 0 Å². The van der Waals surface area contributed by atoms with Gasteiger partial charge in [0, 0.05) is 39.1 Å². The first kappa shape index (κ1) is 12.7. The number of carbonyl (C=O) groups is 1. The van der Waals surface area contributed by atoms with Gasteiger partial charge in [0.15, 0.2) is 5.69 Å². The molecule has 1 aliphatic rings. The molecule has 1 amide bonds. The van der Waals surface area contributed by atoms with Crippen LogP contribution in [0.3, 0.4) is 0 Å². The van der Waals surface area contributed by atoms with Gasteiger partial charge in [-0.25, -0.2) is 4.68 Å². The van der Waals surface area contributed by atoms with Crippen LogP contribution in [0.1, 0.15) is 22.1 Å². The second-order valence-corrected chi connectivity index (χ2v) is 4.92. The Balaban J connectivity index is 1.66. The molecule has 1 aliphatic heterocycles. The molecule has 2 aromatic rings. The quantitative estimate of drug-likeness (QED) is 0.853. The summed E-state index contributed by atoms with van der Waals surface area (Å²) in [6.07, 6.45) is 5.18. The monoisotopic (exact) mass is 272 g/mol. The molecule has 0 saturated carbocycles. The highest BCUT2D eigenvalue weighted by atomic mass is 16.2. The maximum absolute atomic E-state index is 12.3. The van der Waals surface area contributed by atoms with Gasteiger partial charge in [0.2, 0.25) is 0 Å². The molecular formula is C13H16N6O. The first-order chi connectivity index (χ1) is 9.74. The third-order valence-corrected chi connectivity index (χ3v) is 3.35. The Morgan fingerprint density at radius 3 is 3.05 bits per heavy atom. The van der Waals surface area contributed by atoms with Gasteiger partial charge in [-0.3, -0.25) is 9.78 Å². The van der Waals surface area contributed by atoms with Crippen LogP contribution in [0.4, 0.5) is 0 Å². The molecule has 3 rings (SSSR count). The first-order valence-electron chi connectivity index (χ1n) is 6.51. The summed E-state index contributed by atoms with van der Waals surface area (Å²) >= 11 is 0. The number of carbonyl (C=O) groups excluding carboxylic acids is 1. The summed E-state index contributed by atoms with van der Waals surface area (Å²) in [4.78, 5) is 17.9. The van der Waals surface area contributed by atoms with Crippen molar-refractivity contribution < 1.29 is 4.79 Å². The lowest BCUT2D eigenvalue weighted by Crippen LogP contribution is -2.43. The Morgan fingerprint density at radius 2 is 2.40 bits per heavy atom. The molecule has 1 N–H and O–H groups in total. The minimum Gasteiger partial charge on any atom is -0.336 e. The normalized spacial score (nSPS) is 14.8. The largest absolute Gasteiger partial charge is 0.336 e. The summed E-state index contributed by atoms with van der Waals surface area (Å²) < 4.78 is 1.75. The molecule has 7 nitrogen and oxygen atoms in total. The van der Waals surface area contributed by atoms with Gasteiger partial charge in [0.05, 0.1) is 12.2 Å². The molecule has 0 radical (unpaired) electrons. The standard InChI is InChI=1S/C13H16N6O/c1-18(8-10-3-2-4-14-5-10)13(20)12-9-19(17-16-12)11-6-15-7-11/h2-5,9,11,15H,6-8H2,1H3. The number of aromatic nitrogens is 4. The van der Waals surface area contributed by atoms with E-state index in [9.17, 15) is 4.79 Å². The van der Waals surface area contributed by atoms with E-state index in [0.29, 0.717) is 18.3 Å². The Hall–Kier alpha value is -2.28.